The number of rotatable bonds is 6. The summed E-state index contributed by atoms with van der Waals surface area (Å²) in [5.41, 5.74) is 1.78. The van der Waals surface area contributed by atoms with Crippen LogP contribution in [0.15, 0.2) is 35.1 Å². The smallest absolute Gasteiger partial charge is 0.237 e. The Morgan fingerprint density at radius 2 is 2.10 bits per heavy atom. The van der Waals surface area contributed by atoms with Crippen LogP contribution in [0.25, 0.3) is 0 Å². The van der Waals surface area contributed by atoms with Gasteiger partial charge in [-0.25, -0.2) is 4.98 Å². The predicted octanol–water partition coefficient (Wildman–Crippen LogP) is 3.99. The van der Waals surface area contributed by atoms with Crippen LogP contribution in [0.3, 0.4) is 0 Å². The first-order valence-corrected chi connectivity index (χ1v) is 7.87. The van der Waals surface area contributed by atoms with Gasteiger partial charge in [-0.1, -0.05) is 24.6 Å². The molecule has 0 aliphatic carbocycles. The van der Waals surface area contributed by atoms with E-state index in [1.165, 1.54) is 0 Å². The second-order valence-corrected chi connectivity index (χ2v) is 5.77. The maximum absolute atomic E-state index is 6.21. The van der Waals surface area contributed by atoms with Crippen LogP contribution in [0.5, 0.6) is 5.88 Å². The van der Waals surface area contributed by atoms with Crippen LogP contribution in [-0.2, 0) is 0 Å². The zero-order valence-corrected chi connectivity index (χ0v) is 14.3. The van der Waals surface area contributed by atoms with Crippen molar-refractivity contribution in [2.24, 2.45) is 0 Å². The van der Waals surface area contributed by atoms with Gasteiger partial charge in [-0.3, -0.25) is 4.98 Å². The Kier molecular flexibility index (Phi) is 5.96. The molecule has 0 aliphatic rings. The maximum atomic E-state index is 6.21. The van der Waals surface area contributed by atoms with Crippen LogP contribution in [0.1, 0.15) is 30.6 Å². The first kappa shape index (κ1) is 16.2. The molecule has 0 radical (unpaired) electrons. The molecule has 1 heterocycles. The zero-order chi connectivity index (χ0) is 15.2. The number of nitrogens with zero attached hydrogens (tertiary/aromatic N) is 2. The van der Waals surface area contributed by atoms with Gasteiger partial charge >= 0.3 is 0 Å². The summed E-state index contributed by atoms with van der Waals surface area (Å²) in [7, 11) is 1.60. The van der Waals surface area contributed by atoms with Crippen LogP contribution in [0, 0.1) is 0 Å². The summed E-state index contributed by atoms with van der Waals surface area (Å²) in [5.74, 6) is 0.519. The van der Waals surface area contributed by atoms with Crippen LogP contribution in [0.2, 0.25) is 5.02 Å². The van der Waals surface area contributed by atoms with Gasteiger partial charge in [0.2, 0.25) is 5.88 Å². The highest BCUT2D eigenvalue weighted by Crippen LogP contribution is 2.31. The van der Waals surface area contributed by atoms with Crippen molar-refractivity contribution >= 4 is 27.5 Å². The topological polar surface area (TPSA) is 47.0 Å². The molecule has 0 saturated heterocycles. The minimum absolute atomic E-state index is 0.112. The predicted molar refractivity (Wildman–Crippen MR) is 87.9 cm³/mol. The molecule has 0 saturated carbocycles. The van der Waals surface area contributed by atoms with Crippen molar-refractivity contribution in [1.29, 1.82) is 0 Å². The van der Waals surface area contributed by atoms with E-state index < -0.39 is 0 Å². The Morgan fingerprint density at radius 3 is 2.76 bits per heavy atom. The van der Waals surface area contributed by atoms with Crippen molar-refractivity contribution in [3.8, 4) is 5.88 Å². The number of halogens is 2. The van der Waals surface area contributed by atoms with E-state index in [2.05, 4.69) is 38.1 Å². The standard InChI is InChI=1S/C15H17BrClN3O/c1-3-6-18-13(10-4-5-11(16)12(17)9-10)14-15(21-2)20-8-7-19-14/h4-5,7-9,13,18H,3,6H2,1-2H3. The third-order valence-electron chi connectivity index (χ3n) is 3.03. The van der Waals surface area contributed by atoms with Crippen LogP contribution in [0.4, 0.5) is 0 Å². The number of aromatic nitrogens is 2. The molecular formula is C15H17BrClN3O. The van der Waals surface area contributed by atoms with Crippen LogP contribution in [-0.4, -0.2) is 23.6 Å². The quantitative estimate of drug-likeness (QED) is 0.835. The molecule has 4 nitrogen and oxygen atoms in total. The fourth-order valence-corrected chi connectivity index (χ4v) is 2.48. The van der Waals surface area contributed by atoms with E-state index in [1.807, 2.05) is 18.2 Å². The van der Waals surface area contributed by atoms with Gasteiger partial charge in [0.05, 0.1) is 18.2 Å². The number of methoxy groups -OCH3 is 1. The van der Waals surface area contributed by atoms with Crippen molar-refractivity contribution in [3.63, 3.8) is 0 Å². The molecule has 0 bridgehead atoms. The average molecular weight is 371 g/mol. The second kappa shape index (κ2) is 7.73. The fourth-order valence-electron chi connectivity index (χ4n) is 2.04. The number of hydrogen-bond donors (Lipinski definition) is 1. The van der Waals surface area contributed by atoms with Crippen molar-refractivity contribution in [3.05, 3.63) is 51.3 Å². The van der Waals surface area contributed by atoms with Gasteiger partial charge in [-0.15, -0.1) is 0 Å². The maximum Gasteiger partial charge on any atom is 0.237 e. The lowest BCUT2D eigenvalue weighted by Crippen LogP contribution is -2.25. The van der Waals surface area contributed by atoms with Gasteiger partial charge in [0.1, 0.15) is 5.69 Å². The third kappa shape index (κ3) is 3.93. The molecule has 1 N–H and O–H groups in total. The molecule has 1 aromatic heterocycles. The molecule has 112 valence electrons. The Hall–Kier alpha value is -1.17. The highest BCUT2D eigenvalue weighted by Gasteiger charge is 2.20. The molecular weight excluding hydrogens is 354 g/mol. The Labute approximate surface area is 138 Å². The third-order valence-corrected chi connectivity index (χ3v) is 4.27. The fraction of sp³-hybridized carbons (Fsp3) is 0.333. The Morgan fingerprint density at radius 1 is 1.33 bits per heavy atom. The van der Waals surface area contributed by atoms with E-state index in [9.17, 15) is 0 Å². The van der Waals surface area contributed by atoms with Gasteiger partial charge in [-0.2, -0.15) is 0 Å². The van der Waals surface area contributed by atoms with Gasteiger partial charge in [-0.05, 0) is 46.6 Å². The molecule has 2 aromatic rings. The van der Waals surface area contributed by atoms with Gasteiger partial charge < -0.3 is 10.1 Å². The molecule has 21 heavy (non-hydrogen) atoms. The number of hydrogen-bond acceptors (Lipinski definition) is 4. The summed E-state index contributed by atoms with van der Waals surface area (Å²) in [6.07, 6.45) is 4.30. The number of nitrogens with one attached hydrogen (secondary N) is 1. The van der Waals surface area contributed by atoms with E-state index in [1.54, 1.807) is 19.5 Å². The molecule has 1 aromatic carbocycles. The van der Waals surface area contributed by atoms with E-state index >= 15 is 0 Å². The molecule has 2 rings (SSSR count). The molecule has 1 unspecified atom stereocenters. The van der Waals surface area contributed by atoms with E-state index in [4.69, 9.17) is 16.3 Å². The first-order valence-electron chi connectivity index (χ1n) is 6.70. The molecule has 0 spiro atoms. The van der Waals surface area contributed by atoms with Crippen molar-refractivity contribution in [1.82, 2.24) is 15.3 Å². The molecule has 0 aliphatic heterocycles. The van der Waals surface area contributed by atoms with Gasteiger partial charge in [0.15, 0.2) is 0 Å². The molecule has 0 amide bonds. The second-order valence-electron chi connectivity index (χ2n) is 4.51. The summed E-state index contributed by atoms with van der Waals surface area (Å²) in [5, 5.41) is 4.13. The summed E-state index contributed by atoms with van der Waals surface area (Å²) >= 11 is 9.62. The minimum Gasteiger partial charge on any atom is -0.480 e. The van der Waals surface area contributed by atoms with Crippen molar-refractivity contribution in [2.45, 2.75) is 19.4 Å². The molecule has 6 heteroatoms. The molecule has 1 atom stereocenters. The van der Waals surface area contributed by atoms with E-state index in [0.717, 1.165) is 28.7 Å². The summed E-state index contributed by atoms with van der Waals surface area (Å²) < 4.78 is 6.19. The highest BCUT2D eigenvalue weighted by molar-refractivity contribution is 9.10. The monoisotopic (exact) mass is 369 g/mol. The lowest BCUT2D eigenvalue weighted by molar-refractivity contribution is 0.382. The zero-order valence-electron chi connectivity index (χ0n) is 11.9. The highest BCUT2D eigenvalue weighted by atomic mass is 79.9. The number of benzene rings is 1. The average Bonchev–Trinajstić information content (AvgIpc) is 2.51. The Balaban J connectivity index is 2.44. The van der Waals surface area contributed by atoms with Gasteiger partial charge in [0, 0.05) is 16.9 Å². The van der Waals surface area contributed by atoms with E-state index in [0.29, 0.717) is 10.9 Å². The summed E-state index contributed by atoms with van der Waals surface area (Å²) in [6.45, 7) is 2.98. The van der Waals surface area contributed by atoms with E-state index in [-0.39, 0.29) is 6.04 Å². The molecule has 0 fully saturated rings. The van der Waals surface area contributed by atoms with Gasteiger partial charge in [0.25, 0.3) is 0 Å². The summed E-state index contributed by atoms with van der Waals surface area (Å²) in [4.78, 5) is 8.65. The Bertz CT molecular complexity index is 609. The van der Waals surface area contributed by atoms with Crippen molar-refractivity contribution in [2.75, 3.05) is 13.7 Å². The summed E-state index contributed by atoms with van der Waals surface area (Å²) in [6, 6.07) is 5.75. The first-order chi connectivity index (χ1) is 10.2. The van der Waals surface area contributed by atoms with Crippen LogP contribution >= 0.6 is 27.5 Å². The minimum atomic E-state index is -0.112. The lowest BCUT2D eigenvalue weighted by Gasteiger charge is -2.20. The van der Waals surface area contributed by atoms with Crippen molar-refractivity contribution < 1.29 is 4.74 Å². The SMILES string of the molecule is CCCNC(c1ccc(Br)c(Cl)c1)c1nccnc1OC. The lowest BCUT2D eigenvalue weighted by atomic mass is 10.0. The van der Waals surface area contributed by atoms with Crippen LogP contribution < -0.4 is 10.1 Å². The normalized spacial score (nSPS) is 12.2. The largest absolute Gasteiger partial charge is 0.480 e. The number of ether oxygens (including phenoxy) is 1.